The summed E-state index contributed by atoms with van der Waals surface area (Å²) in [7, 11) is 0. The van der Waals surface area contributed by atoms with E-state index in [1.165, 1.54) is 0 Å². The third kappa shape index (κ3) is 4.98. The molecule has 1 saturated heterocycles. The van der Waals surface area contributed by atoms with E-state index in [4.69, 9.17) is 21.3 Å². The fourth-order valence-corrected chi connectivity index (χ4v) is 4.67. The Morgan fingerprint density at radius 3 is 2.33 bits per heavy atom. The van der Waals surface area contributed by atoms with Crippen LogP contribution in [0.1, 0.15) is 18.8 Å². The first-order valence-corrected chi connectivity index (χ1v) is 12.4. The lowest BCUT2D eigenvalue weighted by Gasteiger charge is -2.38. The number of nitrogens with zero attached hydrogens (tertiary/aromatic N) is 4. The van der Waals surface area contributed by atoms with Crippen molar-refractivity contribution in [2.45, 2.75) is 13.0 Å². The summed E-state index contributed by atoms with van der Waals surface area (Å²) in [6, 6.07) is 23.9. The molecule has 184 valence electrons. The number of amides is 1. The summed E-state index contributed by atoms with van der Waals surface area (Å²) in [6.45, 7) is 4.55. The normalized spacial score (nSPS) is 15.1. The summed E-state index contributed by atoms with van der Waals surface area (Å²) in [5.41, 5.74) is 1.39. The highest BCUT2D eigenvalue weighted by Crippen LogP contribution is 2.24. The molecule has 1 aromatic heterocycles. The van der Waals surface area contributed by atoms with E-state index in [0.717, 1.165) is 5.69 Å². The largest absolute Gasteiger partial charge is 0.484 e. The summed E-state index contributed by atoms with van der Waals surface area (Å²) in [6.07, 6.45) is 0. The number of aromatic nitrogens is 2. The maximum atomic E-state index is 13.5. The molecule has 8 heteroatoms. The third-order valence-electron chi connectivity index (χ3n) is 6.58. The number of rotatable bonds is 6. The highest BCUT2D eigenvalue weighted by molar-refractivity contribution is 6.30. The van der Waals surface area contributed by atoms with Crippen molar-refractivity contribution in [2.75, 3.05) is 32.8 Å². The Hall–Kier alpha value is -3.68. The number of hydrogen-bond acceptors (Lipinski definition) is 5. The fourth-order valence-electron chi connectivity index (χ4n) is 4.55. The van der Waals surface area contributed by atoms with Crippen molar-refractivity contribution in [3.63, 3.8) is 0 Å². The van der Waals surface area contributed by atoms with E-state index >= 15 is 0 Å². The number of carbonyl (C=O) groups is 1. The predicted molar refractivity (Wildman–Crippen MR) is 141 cm³/mol. The zero-order valence-corrected chi connectivity index (χ0v) is 20.8. The van der Waals surface area contributed by atoms with E-state index in [1.807, 2.05) is 59.5 Å². The van der Waals surface area contributed by atoms with Gasteiger partial charge in [-0.05, 0) is 55.5 Å². The Bertz CT molecular complexity index is 1410. The van der Waals surface area contributed by atoms with Crippen molar-refractivity contribution in [2.24, 2.45) is 0 Å². The van der Waals surface area contributed by atoms with E-state index in [1.54, 1.807) is 28.8 Å². The molecule has 1 amide bonds. The van der Waals surface area contributed by atoms with Gasteiger partial charge in [0, 0.05) is 31.2 Å². The predicted octanol–water partition coefficient (Wildman–Crippen LogP) is 4.32. The molecule has 2 heterocycles. The maximum Gasteiger partial charge on any atom is 0.266 e. The number of para-hydroxylation sites is 2. The number of piperazine rings is 1. The molecular weight excluding hydrogens is 476 g/mol. The van der Waals surface area contributed by atoms with E-state index in [-0.39, 0.29) is 24.1 Å². The van der Waals surface area contributed by atoms with Gasteiger partial charge in [-0.3, -0.25) is 19.1 Å². The molecule has 5 rings (SSSR count). The van der Waals surface area contributed by atoms with Crippen molar-refractivity contribution < 1.29 is 9.53 Å². The number of benzene rings is 3. The lowest BCUT2D eigenvalue weighted by molar-refractivity contribution is -0.135. The van der Waals surface area contributed by atoms with Gasteiger partial charge in [0.15, 0.2) is 6.61 Å². The second-order valence-corrected chi connectivity index (χ2v) is 9.24. The Labute approximate surface area is 214 Å². The monoisotopic (exact) mass is 502 g/mol. The van der Waals surface area contributed by atoms with Crippen LogP contribution in [0.5, 0.6) is 5.75 Å². The van der Waals surface area contributed by atoms with Crippen LogP contribution in [-0.2, 0) is 4.79 Å². The molecule has 0 saturated carbocycles. The molecule has 1 fully saturated rings. The second-order valence-electron chi connectivity index (χ2n) is 8.80. The smallest absolute Gasteiger partial charge is 0.266 e. The van der Waals surface area contributed by atoms with Crippen LogP contribution in [0.3, 0.4) is 0 Å². The van der Waals surface area contributed by atoms with E-state index in [9.17, 15) is 9.59 Å². The number of halogens is 1. The Kier molecular flexibility index (Phi) is 7.02. The molecular formula is C28H27ClN4O3. The van der Waals surface area contributed by atoms with Gasteiger partial charge in [-0.15, -0.1) is 0 Å². The SMILES string of the molecule is CC(c1nc2ccccc2c(=O)n1-c1ccccc1)N1CCN(C(=O)COc2ccc(Cl)cc2)CC1. The van der Waals surface area contributed by atoms with Gasteiger partial charge in [-0.2, -0.15) is 0 Å². The van der Waals surface area contributed by atoms with Crippen LogP contribution in [0.15, 0.2) is 83.7 Å². The number of hydrogen-bond donors (Lipinski definition) is 0. The summed E-state index contributed by atoms with van der Waals surface area (Å²) in [4.78, 5) is 35.2. The highest BCUT2D eigenvalue weighted by atomic mass is 35.5. The van der Waals surface area contributed by atoms with E-state index in [2.05, 4.69) is 11.8 Å². The van der Waals surface area contributed by atoms with Crippen molar-refractivity contribution >= 4 is 28.4 Å². The zero-order valence-electron chi connectivity index (χ0n) is 20.0. The van der Waals surface area contributed by atoms with Gasteiger partial charge >= 0.3 is 0 Å². The summed E-state index contributed by atoms with van der Waals surface area (Å²) in [5, 5.41) is 1.21. The molecule has 0 radical (unpaired) electrons. The molecule has 0 N–H and O–H groups in total. The topological polar surface area (TPSA) is 67.7 Å². The van der Waals surface area contributed by atoms with E-state index < -0.39 is 0 Å². The Morgan fingerprint density at radius 1 is 0.944 bits per heavy atom. The molecule has 0 spiro atoms. The standard InChI is InChI=1S/C28H27ClN4O3/c1-20(31-15-17-32(18-16-31)26(34)19-36-23-13-11-21(29)12-14-23)27-30-25-10-6-5-9-24(25)28(35)33(27)22-7-3-2-4-8-22/h2-14,20H,15-19H2,1H3. The molecule has 0 bridgehead atoms. The summed E-state index contributed by atoms with van der Waals surface area (Å²) < 4.78 is 7.34. The lowest BCUT2D eigenvalue weighted by Crippen LogP contribution is -2.51. The van der Waals surface area contributed by atoms with Crippen LogP contribution >= 0.6 is 11.6 Å². The molecule has 0 aliphatic carbocycles. The maximum absolute atomic E-state index is 13.5. The Morgan fingerprint density at radius 2 is 1.61 bits per heavy atom. The number of fused-ring (bicyclic) bond motifs is 1. The van der Waals surface area contributed by atoms with Crippen LogP contribution in [-0.4, -0.2) is 58.0 Å². The molecule has 1 aliphatic rings. The quantitative estimate of drug-likeness (QED) is 0.393. The van der Waals surface area contributed by atoms with Crippen LogP contribution in [0, 0.1) is 0 Å². The highest BCUT2D eigenvalue weighted by Gasteiger charge is 2.28. The van der Waals surface area contributed by atoms with Crippen molar-refractivity contribution in [3.05, 3.63) is 100 Å². The van der Waals surface area contributed by atoms with Gasteiger partial charge in [0.25, 0.3) is 11.5 Å². The minimum atomic E-state index is -0.120. The summed E-state index contributed by atoms with van der Waals surface area (Å²) in [5.74, 6) is 1.25. The van der Waals surface area contributed by atoms with Crippen molar-refractivity contribution in [1.82, 2.24) is 19.4 Å². The molecule has 1 atom stereocenters. The van der Waals surface area contributed by atoms with Crippen LogP contribution < -0.4 is 10.3 Å². The zero-order chi connectivity index (χ0) is 25.1. The fraction of sp³-hybridized carbons (Fsp3) is 0.250. The van der Waals surface area contributed by atoms with Gasteiger partial charge in [-0.25, -0.2) is 4.98 Å². The van der Waals surface area contributed by atoms with Crippen LogP contribution in [0.25, 0.3) is 16.6 Å². The van der Waals surface area contributed by atoms with Gasteiger partial charge < -0.3 is 9.64 Å². The molecule has 1 unspecified atom stereocenters. The lowest BCUT2D eigenvalue weighted by atomic mass is 10.1. The summed E-state index contributed by atoms with van der Waals surface area (Å²) >= 11 is 5.90. The number of carbonyl (C=O) groups excluding carboxylic acids is 1. The van der Waals surface area contributed by atoms with Gasteiger partial charge in [-0.1, -0.05) is 41.9 Å². The van der Waals surface area contributed by atoms with Gasteiger partial charge in [0.1, 0.15) is 11.6 Å². The second kappa shape index (κ2) is 10.5. The van der Waals surface area contributed by atoms with Crippen molar-refractivity contribution in [3.8, 4) is 11.4 Å². The first-order chi connectivity index (χ1) is 17.5. The molecule has 4 aromatic rings. The van der Waals surface area contributed by atoms with Crippen LogP contribution in [0.4, 0.5) is 0 Å². The number of ether oxygens (including phenoxy) is 1. The first-order valence-electron chi connectivity index (χ1n) is 12.0. The van der Waals surface area contributed by atoms with Gasteiger partial charge in [0.2, 0.25) is 0 Å². The van der Waals surface area contributed by atoms with E-state index in [0.29, 0.717) is 53.7 Å². The molecule has 1 aliphatic heterocycles. The molecule has 7 nitrogen and oxygen atoms in total. The minimum absolute atomic E-state index is 0.0169. The molecule has 3 aromatic carbocycles. The first kappa shape index (κ1) is 24.0. The third-order valence-corrected chi connectivity index (χ3v) is 6.83. The van der Waals surface area contributed by atoms with Crippen molar-refractivity contribution in [1.29, 1.82) is 0 Å². The average Bonchev–Trinajstić information content (AvgIpc) is 2.92. The Balaban J connectivity index is 1.32. The molecule has 36 heavy (non-hydrogen) atoms. The average molecular weight is 503 g/mol. The van der Waals surface area contributed by atoms with Crippen LogP contribution in [0.2, 0.25) is 5.02 Å². The van der Waals surface area contributed by atoms with Gasteiger partial charge in [0.05, 0.1) is 22.6 Å². The minimum Gasteiger partial charge on any atom is -0.484 e.